The number of benzene rings is 2. The second kappa shape index (κ2) is 6.49. The highest BCUT2D eigenvalue weighted by Gasteiger charge is 2.31. The maximum atomic E-state index is 12.4. The molecule has 0 saturated heterocycles. The Morgan fingerprint density at radius 3 is 2.50 bits per heavy atom. The summed E-state index contributed by atoms with van der Waals surface area (Å²) in [6.07, 6.45) is 3.00. The van der Waals surface area contributed by atoms with Gasteiger partial charge in [0.25, 0.3) is 5.91 Å². The second-order valence-electron chi connectivity index (χ2n) is 6.99. The normalized spacial score (nSPS) is 15.8. The lowest BCUT2D eigenvalue weighted by atomic mass is 9.99. The number of primary amides is 1. The Balaban J connectivity index is 1.99. The molecule has 0 radical (unpaired) electrons. The number of nitrogens with two attached hydrogens (primary N) is 1. The molecule has 1 amide bonds. The second-order valence-corrected chi connectivity index (χ2v) is 6.99. The number of aromatic nitrogens is 1. The fraction of sp³-hybridized carbons (Fsp3) is 0.261. The average molecular weight is 344 g/mol. The van der Waals surface area contributed by atoms with Crippen molar-refractivity contribution in [2.24, 2.45) is 5.73 Å². The fourth-order valence-corrected chi connectivity index (χ4v) is 4.56. The molecule has 1 atom stereocenters. The van der Waals surface area contributed by atoms with E-state index in [1.807, 2.05) is 25.1 Å². The van der Waals surface area contributed by atoms with Crippen molar-refractivity contribution in [3.63, 3.8) is 0 Å². The van der Waals surface area contributed by atoms with Gasteiger partial charge in [-0.1, -0.05) is 61.5 Å². The molecule has 2 aromatic carbocycles. The number of nitrogens with zero attached hydrogens (tertiary/aromatic N) is 1. The monoisotopic (exact) mass is 344 g/mol. The van der Waals surface area contributed by atoms with Crippen LogP contribution >= 0.6 is 0 Å². The van der Waals surface area contributed by atoms with E-state index in [0.29, 0.717) is 5.56 Å². The molecule has 0 aliphatic heterocycles. The molecule has 1 aromatic heterocycles. The summed E-state index contributed by atoms with van der Waals surface area (Å²) in [6, 6.07) is 19.1. The quantitative estimate of drug-likeness (QED) is 0.735. The molecule has 0 spiro atoms. The molecular formula is C23H24N2O. The van der Waals surface area contributed by atoms with Gasteiger partial charge in [0, 0.05) is 17.0 Å². The number of rotatable bonds is 4. The van der Waals surface area contributed by atoms with Crippen molar-refractivity contribution in [3.05, 3.63) is 82.7 Å². The zero-order valence-corrected chi connectivity index (χ0v) is 15.3. The van der Waals surface area contributed by atoms with Crippen molar-refractivity contribution >= 4 is 5.91 Å². The van der Waals surface area contributed by atoms with Crippen molar-refractivity contribution in [3.8, 4) is 11.1 Å². The molecule has 1 aliphatic carbocycles. The number of fused-ring (bicyclic) bond motifs is 1. The minimum Gasteiger partial charge on any atom is -0.366 e. The first-order valence-electron chi connectivity index (χ1n) is 9.30. The van der Waals surface area contributed by atoms with Crippen LogP contribution in [0.25, 0.3) is 11.1 Å². The van der Waals surface area contributed by atoms with Gasteiger partial charge < -0.3 is 10.3 Å². The summed E-state index contributed by atoms with van der Waals surface area (Å²) >= 11 is 0. The SMILES string of the molecule is CCc1c(-c2ccccc2)c(C(N)=O)c(C)n1C1CCc2ccccc21. The van der Waals surface area contributed by atoms with Crippen LogP contribution < -0.4 is 5.73 Å². The van der Waals surface area contributed by atoms with Crippen molar-refractivity contribution in [1.82, 2.24) is 4.57 Å². The lowest BCUT2D eigenvalue weighted by Crippen LogP contribution is -2.15. The zero-order valence-electron chi connectivity index (χ0n) is 15.3. The van der Waals surface area contributed by atoms with Crippen LogP contribution in [0, 0.1) is 6.92 Å². The third kappa shape index (κ3) is 2.47. The molecule has 3 heteroatoms. The van der Waals surface area contributed by atoms with Crippen molar-refractivity contribution < 1.29 is 4.79 Å². The number of amides is 1. The molecule has 1 aliphatic rings. The van der Waals surface area contributed by atoms with Crippen LogP contribution in [-0.2, 0) is 12.8 Å². The van der Waals surface area contributed by atoms with E-state index in [0.717, 1.165) is 36.1 Å². The average Bonchev–Trinajstić information content (AvgIpc) is 3.20. The first-order chi connectivity index (χ1) is 12.6. The van der Waals surface area contributed by atoms with Gasteiger partial charge in [0.05, 0.1) is 11.6 Å². The summed E-state index contributed by atoms with van der Waals surface area (Å²) in [7, 11) is 0. The first-order valence-corrected chi connectivity index (χ1v) is 9.30. The molecule has 132 valence electrons. The van der Waals surface area contributed by atoms with E-state index < -0.39 is 0 Å². The van der Waals surface area contributed by atoms with Gasteiger partial charge in [-0.15, -0.1) is 0 Å². The van der Waals surface area contributed by atoms with E-state index in [2.05, 4.69) is 47.9 Å². The minimum atomic E-state index is -0.346. The van der Waals surface area contributed by atoms with Crippen molar-refractivity contribution in [1.29, 1.82) is 0 Å². The minimum absolute atomic E-state index is 0.275. The zero-order chi connectivity index (χ0) is 18.3. The van der Waals surface area contributed by atoms with Crippen LogP contribution in [0.5, 0.6) is 0 Å². The number of aryl methyl sites for hydroxylation is 1. The van der Waals surface area contributed by atoms with Crippen LogP contribution in [0.3, 0.4) is 0 Å². The Kier molecular flexibility index (Phi) is 4.15. The molecule has 2 N–H and O–H groups in total. The molecule has 0 saturated carbocycles. The molecule has 0 bridgehead atoms. The van der Waals surface area contributed by atoms with Gasteiger partial charge >= 0.3 is 0 Å². The third-order valence-corrected chi connectivity index (χ3v) is 5.61. The van der Waals surface area contributed by atoms with E-state index in [4.69, 9.17) is 5.73 Å². The Morgan fingerprint density at radius 1 is 1.12 bits per heavy atom. The molecular weight excluding hydrogens is 320 g/mol. The van der Waals surface area contributed by atoms with Gasteiger partial charge in [-0.2, -0.15) is 0 Å². The van der Waals surface area contributed by atoms with E-state index in [1.165, 1.54) is 16.8 Å². The lowest BCUT2D eigenvalue weighted by Gasteiger charge is -2.20. The van der Waals surface area contributed by atoms with Crippen LogP contribution in [0.1, 0.15) is 52.3 Å². The Hall–Kier alpha value is -2.81. The molecule has 4 rings (SSSR count). The lowest BCUT2D eigenvalue weighted by molar-refractivity contribution is 0.1000. The van der Waals surface area contributed by atoms with Crippen molar-refractivity contribution in [2.45, 2.75) is 39.2 Å². The summed E-state index contributed by atoms with van der Waals surface area (Å²) in [6.45, 7) is 4.19. The topological polar surface area (TPSA) is 48.0 Å². The van der Waals surface area contributed by atoms with Crippen LogP contribution in [-0.4, -0.2) is 10.5 Å². The number of hydrogen-bond donors (Lipinski definition) is 1. The van der Waals surface area contributed by atoms with E-state index in [9.17, 15) is 4.79 Å². The van der Waals surface area contributed by atoms with Gasteiger partial charge in [-0.3, -0.25) is 4.79 Å². The maximum Gasteiger partial charge on any atom is 0.251 e. The molecule has 3 nitrogen and oxygen atoms in total. The number of carbonyl (C=O) groups excluding carboxylic acids is 1. The van der Waals surface area contributed by atoms with E-state index in [1.54, 1.807) is 0 Å². The molecule has 0 fully saturated rings. The predicted octanol–water partition coefficient (Wildman–Crippen LogP) is 4.66. The van der Waals surface area contributed by atoms with E-state index >= 15 is 0 Å². The summed E-state index contributed by atoms with van der Waals surface area (Å²) in [5.74, 6) is -0.346. The Morgan fingerprint density at radius 2 is 1.81 bits per heavy atom. The maximum absolute atomic E-state index is 12.4. The summed E-state index contributed by atoms with van der Waals surface area (Å²) in [5, 5.41) is 0. The van der Waals surface area contributed by atoms with Gasteiger partial charge in [-0.25, -0.2) is 0 Å². The number of carbonyl (C=O) groups is 1. The highest BCUT2D eigenvalue weighted by Crippen LogP contribution is 2.41. The summed E-state index contributed by atoms with van der Waals surface area (Å²) < 4.78 is 2.37. The number of hydrogen-bond acceptors (Lipinski definition) is 1. The molecule has 26 heavy (non-hydrogen) atoms. The molecule has 1 heterocycles. The molecule has 1 unspecified atom stereocenters. The Labute approximate surface area is 154 Å². The molecule has 3 aromatic rings. The third-order valence-electron chi connectivity index (χ3n) is 5.61. The smallest absolute Gasteiger partial charge is 0.251 e. The van der Waals surface area contributed by atoms with Gasteiger partial charge in [0.1, 0.15) is 0 Å². The van der Waals surface area contributed by atoms with Crippen molar-refractivity contribution in [2.75, 3.05) is 0 Å². The van der Waals surface area contributed by atoms with Gasteiger partial charge in [0.15, 0.2) is 0 Å². The standard InChI is InChI=1S/C23H24N2O/c1-3-19-22(17-10-5-4-6-11-17)21(23(24)26)15(2)25(19)20-14-13-16-9-7-8-12-18(16)20/h4-12,20H,3,13-14H2,1-2H3,(H2,24,26). The highest BCUT2D eigenvalue weighted by atomic mass is 16.1. The Bertz CT molecular complexity index is 969. The predicted molar refractivity (Wildman–Crippen MR) is 105 cm³/mol. The van der Waals surface area contributed by atoms with Gasteiger partial charge in [0.2, 0.25) is 0 Å². The van der Waals surface area contributed by atoms with Crippen LogP contribution in [0.15, 0.2) is 54.6 Å². The summed E-state index contributed by atoms with van der Waals surface area (Å²) in [4.78, 5) is 12.4. The van der Waals surface area contributed by atoms with E-state index in [-0.39, 0.29) is 11.9 Å². The van der Waals surface area contributed by atoms with Crippen LogP contribution in [0.4, 0.5) is 0 Å². The largest absolute Gasteiger partial charge is 0.366 e. The fourth-order valence-electron chi connectivity index (χ4n) is 4.56. The van der Waals surface area contributed by atoms with Crippen LogP contribution in [0.2, 0.25) is 0 Å². The highest BCUT2D eigenvalue weighted by molar-refractivity contribution is 6.02. The first kappa shape index (κ1) is 16.6. The summed E-state index contributed by atoms with van der Waals surface area (Å²) in [5.41, 5.74) is 13.5. The van der Waals surface area contributed by atoms with Gasteiger partial charge in [-0.05, 0) is 42.9 Å².